The summed E-state index contributed by atoms with van der Waals surface area (Å²) in [6, 6.07) is 0. The Balaban J connectivity index is -0.0000000300. The Morgan fingerprint density at radius 2 is 1.00 bits per heavy atom. The van der Waals surface area contributed by atoms with Crippen molar-refractivity contribution in [3.8, 4) is 0 Å². The zero-order valence-electron chi connectivity index (χ0n) is 5.82. The van der Waals surface area contributed by atoms with E-state index in [1.165, 1.54) is 13.8 Å². The van der Waals surface area contributed by atoms with Crippen molar-refractivity contribution in [2.75, 3.05) is 0 Å². The quantitative estimate of drug-likeness (QED) is 0.511. The summed E-state index contributed by atoms with van der Waals surface area (Å²) >= 11 is 4.54. The molecule has 1 nitrogen and oxygen atoms in total. The predicted molar refractivity (Wildman–Crippen MR) is 53.8 cm³/mol. The van der Waals surface area contributed by atoms with Crippen LogP contribution in [0.2, 0.25) is 0 Å². The van der Waals surface area contributed by atoms with E-state index in [0.717, 1.165) is 4.86 Å². The summed E-state index contributed by atoms with van der Waals surface area (Å²) < 4.78 is 0. The highest BCUT2D eigenvalue weighted by Crippen LogP contribution is 1.61. The minimum Gasteiger partial charge on any atom is -0.300 e. The second-order valence-corrected chi connectivity index (χ2v) is 2.63. The van der Waals surface area contributed by atoms with Crippen molar-refractivity contribution in [2.45, 2.75) is 42.5 Å². The van der Waals surface area contributed by atoms with Gasteiger partial charge in [0, 0.05) is 0 Å². The lowest BCUT2D eigenvalue weighted by Gasteiger charge is -1.61. The second kappa shape index (κ2) is 15.9. The highest BCUT2D eigenvalue weighted by molar-refractivity contribution is 7.80. The van der Waals surface area contributed by atoms with E-state index in [4.69, 9.17) is 0 Å². The fourth-order valence-corrected chi connectivity index (χ4v) is 0. The molecule has 0 heterocycles. The van der Waals surface area contributed by atoms with Gasteiger partial charge in [0.25, 0.3) is 0 Å². The number of thiocarbonyl (C=S) groups is 1. The van der Waals surface area contributed by atoms with Crippen LogP contribution in [0, 0.1) is 0 Å². The molecule has 0 atom stereocenters. The lowest BCUT2D eigenvalue weighted by molar-refractivity contribution is -0.114. The molecule has 2 heteroatoms. The van der Waals surface area contributed by atoms with Gasteiger partial charge in [0.2, 0.25) is 0 Å². The fraction of sp³-hybridized carbons (Fsp3) is 0.750. The first-order chi connectivity index (χ1) is 3.46. The van der Waals surface area contributed by atoms with E-state index >= 15 is 0 Å². The van der Waals surface area contributed by atoms with E-state index in [0.29, 0.717) is 0 Å². The van der Waals surface area contributed by atoms with Crippen LogP contribution >= 0.6 is 12.2 Å². The molecule has 10 heavy (non-hydrogen) atoms. The van der Waals surface area contributed by atoms with Crippen molar-refractivity contribution < 1.29 is 4.79 Å². The van der Waals surface area contributed by atoms with E-state index in [9.17, 15) is 4.79 Å². The molecule has 0 radical (unpaired) electrons. The van der Waals surface area contributed by atoms with Crippen LogP contribution in [0.4, 0.5) is 0 Å². The summed E-state index contributed by atoms with van der Waals surface area (Å²) in [6.07, 6.45) is 0. The molecule has 0 saturated carbocycles. The number of hydrogen-bond acceptors (Lipinski definition) is 2. The van der Waals surface area contributed by atoms with Crippen molar-refractivity contribution in [3.05, 3.63) is 0 Å². The summed E-state index contributed by atoms with van der Waals surface area (Å²) in [4.78, 5) is 10.4. The van der Waals surface area contributed by atoms with Gasteiger partial charge in [-0.15, -0.1) is 0 Å². The summed E-state index contributed by atoms with van der Waals surface area (Å²) in [5, 5.41) is 0. The first-order valence-corrected chi connectivity index (χ1v) is 2.82. The van der Waals surface area contributed by atoms with Gasteiger partial charge in [-0.3, -0.25) is 0 Å². The zero-order valence-corrected chi connectivity index (χ0v) is 6.63. The molecule has 0 amide bonds. The Bertz CT molecular complexity index is 67.3. The molecule has 0 saturated heterocycles. The molecule has 0 aromatic heterocycles. The number of carbonyl (C=O) groups is 1. The van der Waals surface area contributed by atoms with Gasteiger partial charge in [0.15, 0.2) is 0 Å². The normalized spacial score (nSPS) is 5.20. The van der Waals surface area contributed by atoms with Crippen molar-refractivity contribution in [2.24, 2.45) is 0 Å². The maximum Gasteiger partial charge on any atom is 0.126 e. The monoisotopic (exact) mass is 164 g/mol. The molecular weight excluding hydrogens is 144 g/mol. The van der Waals surface area contributed by atoms with Gasteiger partial charge in [0.1, 0.15) is 5.78 Å². The van der Waals surface area contributed by atoms with Gasteiger partial charge in [-0.05, 0) is 32.6 Å². The van der Waals surface area contributed by atoms with Crippen molar-refractivity contribution >= 4 is 22.9 Å². The zero-order chi connectivity index (χ0) is 7.15. The highest BCUT2D eigenvalue weighted by Gasteiger charge is 1.62. The van der Waals surface area contributed by atoms with Gasteiger partial charge in [-0.25, -0.2) is 0 Å². The van der Waals surface area contributed by atoms with Crippen LogP contribution in [0.25, 0.3) is 0 Å². The third-order valence-electron chi connectivity index (χ3n) is 0. The molecule has 0 aromatic rings. The second-order valence-electron chi connectivity index (χ2n) is 1.82. The molecule has 0 aromatic carbocycles. The summed E-state index contributed by atoms with van der Waals surface area (Å²) in [5.41, 5.74) is 0. The van der Waals surface area contributed by atoms with Crippen molar-refractivity contribution in [1.82, 2.24) is 0 Å². The minimum absolute atomic E-state index is 0. The van der Waals surface area contributed by atoms with Crippen molar-refractivity contribution in [1.29, 1.82) is 0 Å². The maximum atomic E-state index is 9.44. The first kappa shape index (κ1) is 22.6. The minimum atomic E-state index is 0. The lowest BCUT2D eigenvalue weighted by atomic mass is 10.6. The predicted octanol–water partition coefficient (Wildman–Crippen LogP) is 3.26. The number of Topliss-reactive ketones (excluding diaryl/α,β-unsaturated/α-hetero) is 1. The average molecular weight is 164 g/mol. The van der Waals surface area contributed by atoms with E-state index < -0.39 is 0 Å². The molecule has 0 N–H and O–H groups in total. The number of carbonyl (C=O) groups excluding carboxylic acids is 1. The first-order valence-electron chi connectivity index (χ1n) is 2.41. The topological polar surface area (TPSA) is 17.1 Å². The van der Waals surface area contributed by atoms with Crippen LogP contribution in [0.1, 0.15) is 42.5 Å². The smallest absolute Gasteiger partial charge is 0.126 e. The van der Waals surface area contributed by atoms with Crippen LogP contribution in [-0.2, 0) is 4.79 Å². The fourth-order valence-electron chi connectivity index (χ4n) is 0. The van der Waals surface area contributed by atoms with Gasteiger partial charge < -0.3 is 4.79 Å². The van der Waals surface area contributed by atoms with Crippen LogP contribution in [-0.4, -0.2) is 10.6 Å². The van der Waals surface area contributed by atoms with Crippen LogP contribution in [0.5, 0.6) is 0 Å². The standard InChI is InChI=1S/C3H6O.C3H6S.2CH4/c2*1-3(2)4;;/h2*1-2H3;2*1H4. The molecule has 0 rings (SSSR count). The Kier molecular flexibility index (Phi) is 35.9. The molecule has 0 fully saturated rings. The van der Waals surface area contributed by atoms with Crippen LogP contribution in [0.3, 0.4) is 0 Å². The molecule has 0 bridgehead atoms. The Morgan fingerprint density at radius 3 is 1.00 bits per heavy atom. The number of ketones is 1. The molecule has 64 valence electrons. The van der Waals surface area contributed by atoms with Gasteiger partial charge in [-0.2, -0.15) is 0 Å². The Hall–Kier alpha value is -0.240. The van der Waals surface area contributed by atoms with E-state index in [1.807, 2.05) is 13.8 Å². The summed E-state index contributed by atoms with van der Waals surface area (Å²) in [5.74, 6) is 0.167. The van der Waals surface area contributed by atoms with E-state index in [-0.39, 0.29) is 20.6 Å². The van der Waals surface area contributed by atoms with E-state index in [2.05, 4.69) is 12.2 Å². The van der Waals surface area contributed by atoms with Crippen LogP contribution in [0.15, 0.2) is 0 Å². The molecule has 0 aliphatic rings. The van der Waals surface area contributed by atoms with Crippen LogP contribution < -0.4 is 0 Å². The number of hydrogen-bond donors (Lipinski definition) is 0. The lowest BCUT2D eigenvalue weighted by Crippen LogP contribution is -1.69. The molecule has 0 aliphatic carbocycles. The highest BCUT2D eigenvalue weighted by atomic mass is 32.1. The Labute approximate surface area is 70.8 Å². The SMILES string of the molecule is C.C.CC(C)=O.CC(C)=S. The average Bonchev–Trinajstić information content (AvgIpc) is 1.25. The molecule has 0 spiro atoms. The maximum absolute atomic E-state index is 9.44. The third-order valence-corrected chi connectivity index (χ3v) is 0. The molecule has 0 aliphatic heterocycles. The molecular formula is C8H20OS. The van der Waals surface area contributed by atoms with Crippen molar-refractivity contribution in [3.63, 3.8) is 0 Å². The van der Waals surface area contributed by atoms with E-state index in [1.54, 1.807) is 0 Å². The third kappa shape index (κ3) is 6160. The van der Waals surface area contributed by atoms with Gasteiger partial charge in [0.05, 0.1) is 0 Å². The Morgan fingerprint density at radius 1 is 1.00 bits per heavy atom. The van der Waals surface area contributed by atoms with Gasteiger partial charge in [-0.1, -0.05) is 27.1 Å². The molecule has 0 unspecified atom stereocenters. The van der Waals surface area contributed by atoms with Gasteiger partial charge >= 0.3 is 0 Å². The summed E-state index contributed by atoms with van der Waals surface area (Å²) in [7, 11) is 0. The largest absolute Gasteiger partial charge is 0.300 e. The summed E-state index contributed by atoms with van der Waals surface area (Å²) in [6.45, 7) is 6.85. The number of rotatable bonds is 0.